The molecule has 1 aliphatic carbocycles. The predicted octanol–water partition coefficient (Wildman–Crippen LogP) is 13.5. The third-order valence-electron chi connectivity index (χ3n) is 14.6. The molecule has 3 aliphatic heterocycles. The lowest BCUT2D eigenvalue weighted by atomic mass is 9.77. The number of esters is 1. The second-order valence-electron chi connectivity index (χ2n) is 19.0. The molecule has 0 amide bonds. The number of benzene rings is 6. The number of nitrogens with zero attached hydrogens (tertiary/aromatic N) is 1. The second kappa shape index (κ2) is 18.2. The number of methoxy groups -OCH3 is 1. The van der Waals surface area contributed by atoms with E-state index >= 15 is 0 Å². The molecule has 0 N–H and O–H groups in total. The van der Waals surface area contributed by atoms with E-state index in [1.165, 1.54) is 68.2 Å². The van der Waals surface area contributed by atoms with Gasteiger partial charge in [-0.15, -0.1) is 0 Å². The average Bonchev–Trinajstić information content (AvgIpc) is 3.69. The molecular weight excluding hydrogens is 807 g/mol. The quantitative estimate of drug-likeness (QED) is 0.0689. The first-order chi connectivity index (χ1) is 31.7. The molecule has 0 aromatic heterocycles. The number of morpholine rings is 1. The molecule has 334 valence electrons. The minimum Gasteiger partial charge on any atom is -0.497 e. The first-order valence-electron chi connectivity index (χ1n) is 23.9. The van der Waals surface area contributed by atoms with E-state index in [1.54, 1.807) is 7.11 Å². The fourth-order valence-corrected chi connectivity index (χ4v) is 10.9. The van der Waals surface area contributed by atoms with Crippen LogP contribution in [-0.2, 0) is 27.3 Å². The Hall–Kier alpha value is -5.89. The zero-order valence-electron chi connectivity index (χ0n) is 38.4. The van der Waals surface area contributed by atoms with Crippen molar-refractivity contribution >= 4 is 28.5 Å². The van der Waals surface area contributed by atoms with Gasteiger partial charge in [0, 0.05) is 46.4 Å². The van der Waals surface area contributed by atoms with Crippen molar-refractivity contribution in [2.45, 2.75) is 95.9 Å². The lowest BCUT2D eigenvalue weighted by molar-refractivity contribution is -0.00802. The molecule has 1 saturated heterocycles. The number of hydrogen-bond donors (Lipinski definition) is 0. The Balaban J connectivity index is 0.919. The van der Waals surface area contributed by atoms with Crippen LogP contribution < -0.4 is 19.1 Å². The Bertz CT molecular complexity index is 2670. The van der Waals surface area contributed by atoms with E-state index in [1.807, 2.05) is 48.5 Å². The Morgan fingerprint density at radius 1 is 0.754 bits per heavy atom. The summed E-state index contributed by atoms with van der Waals surface area (Å²) >= 11 is 0. The smallest absolute Gasteiger partial charge is 0.343 e. The summed E-state index contributed by atoms with van der Waals surface area (Å²) in [7, 11) is 1.69. The van der Waals surface area contributed by atoms with E-state index in [0.717, 1.165) is 87.9 Å². The van der Waals surface area contributed by atoms with Gasteiger partial charge in [0.2, 0.25) is 0 Å². The number of unbranched alkanes of at least 4 members (excludes halogenated alkanes) is 2. The summed E-state index contributed by atoms with van der Waals surface area (Å²) in [4.78, 5) is 15.8. The molecule has 0 bridgehead atoms. The van der Waals surface area contributed by atoms with E-state index in [9.17, 15) is 4.79 Å². The van der Waals surface area contributed by atoms with Crippen molar-refractivity contribution in [1.29, 1.82) is 0 Å². The second-order valence-corrected chi connectivity index (χ2v) is 19.0. The molecule has 4 aliphatic rings. The average molecular weight is 868 g/mol. The van der Waals surface area contributed by atoms with E-state index in [4.69, 9.17) is 23.7 Å². The third-order valence-corrected chi connectivity index (χ3v) is 14.6. The van der Waals surface area contributed by atoms with Gasteiger partial charge in [-0.05, 0) is 140 Å². The molecule has 3 heterocycles. The molecule has 6 aromatic rings. The number of hydrogen-bond acceptors (Lipinski definition) is 7. The Morgan fingerprint density at radius 3 is 2.12 bits per heavy atom. The van der Waals surface area contributed by atoms with Gasteiger partial charge in [0.1, 0.15) is 17.2 Å². The number of rotatable bonds is 12. The van der Waals surface area contributed by atoms with Crippen LogP contribution in [0.3, 0.4) is 0 Å². The van der Waals surface area contributed by atoms with Gasteiger partial charge in [-0.1, -0.05) is 99.3 Å². The molecule has 6 aromatic carbocycles. The fourth-order valence-electron chi connectivity index (χ4n) is 10.9. The van der Waals surface area contributed by atoms with E-state index in [-0.39, 0.29) is 5.97 Å². The maximum Gasteiger partial charge on any atom is 0.343 e. The van der Waals surface area contributed by atoms with Crippen molar-refractivity contribution in [3.8, 4) is 28.4 Å². The van der Waals surface area contributed by atoms with Crippen LogP contribution in [0.2, 0.25) is 0 Å². The Kier molecular flexibility index (Phi) is 12.0. The highest BCUT2D eigenvalue weighted by molar-refractivity contribution is 6.00. The van der Waals surface area contributed by atoms with Crippen molar-refractivity contribution < 1.29 is 28.5 Å². The van der Waals surface area contributed by atoms with Crippen LogP contribution in [0.15, 0.2) is 121 Å². The maximum atomic E-state index is 13.4. The summed E-state index contributed by atoms with van der Waals surface area (Å²) in [5.41, 5.74) is 9.06. The number of carbonyl (C=O) groups is 1. The molecule has 65 heavy (non-hydrogen) atoms. The molecule has 2 fully saturated rings. The number of fused-ring (bicyclic) bond motifs is 6. The van der Waals surface area contributed by atoms with Gasteiger partial charge in [0.15, 0.2) is 5.60 Å². The third kappa shape index (κ3) is 8.45. The van der Waals surface area contributed by atoms with Crippen LogP contribution in [0.1, 0.15) is 122 Å². The normalized spacial score (nSPS) is 21.1. The van der Waals surface area contributed by atoms with Crippen LogP contribution in [0, 0.1) is 5.92 Å². The molecule has 10 rings (SSSR count). The van der Waals surface area contributed by atoms with Crippen molar-refractivity contribution in [1.82, 2.24) is 0 Å². The molecule has 0 radical (unpaired) electrons. The van der Waals surface area contributed by atoms with Gasteiger partial charge < -0.3 is 28.6 Å². The van der Waals surface area contributed by atoms with E-state index in [0.29, 0.717) is 23.8 Å². The molecule has 1 unspecified atom stereocenters. The summed E-state index contributed by atoms with van der Waals surface area (Å²) in [6.45, 7) is 10.3. The maximum absolute atomic E-state index is 13.4. The monoisotopic (exact) mass is 867 g/mol. The zero-order chi connectivity index (χ0) is 44.5. The van der Waals surface area contributed by atoms with Crippen LogP contribution in [-0.4, -0.2) is 39.4 Å². The lowest BCUT2D eigenvalue weighted by Gasteiger charge is -2.38. The van der Waals surface area contributed by atoms with Crippen LogP contribution in [0.25, 0.3) is 28.0 Å². The van der Waals surface area contributed by atoms with Gasteiger partial charge in [0.25, 0.3) is 0 Å². The molecule has 7 heteroatoms. The number of ether oxygens (including phenoxy) is 5. The van der Waals surface area contributed by atoms with Gasteiger partial charge in [0.05, 0.1) is 38.1 Å². The summed E-state index contributed by atoms with van der Waals surface area (Å²) in [5.74, 6) is 3.31. The Labute approximate surface area is 384 Å². The topological polar surface area (TPSA) is 66.5 Å². The van der Waals surface area contributed by atoms with E-state index < -0.39 is 11.2 Å². The minimum atomic E-state index is -0.911. The van der Waals surface area contributed by atoms with Gasteiger partial charge >= 0.3 is 5.97 Å². The zero-order valence-corrected chi connectivity index (χ0v) is 38.4. The van der Waals surface area contributed by atoms with Crippen molar-refractivity contribution in [2.75, 3.05) is 38.3 Å². The molecule has 0 spiro atoms. The highest BCUT2D eigenvalue weighted by Crippen LogP contribution is 2.53. The fraction of sp³-hybridized carbons (Fsp3) is 0.362. The van der Waals surface area contributed by atoms with Crippen molar-refractivity contribution in [3.63, 3.8) is 0 Å². The van der Waals surface area contributed by atoms with Gasteiger partial charge in [-0.25, -0.2) is 4.79 Å². The first-order valence-corrected chi connectivity index (χ1v) is 23.9. The van der Waals surface area contributed by atoms with E-state index in [2.05, 4.69) is 105 Å². The number of carbonyl (C=O) groups excluding carboxylic acids is 1. The summed E-state index contributed by atoms with van der Waals surface area (Å²) in [6, 6.07) is 39.5. The number of anilines is 1. The predicted molar refractivity (Wildman–Crippen MR) is 260 cm³/mol. The SMILES string of the molecule is CCCCCC1CCC(c2ccc(OC(=O)c3ccc(-c4ccc5c6c(c7c(c5c4)COC7(C)C)C=CC(c4ccc(OC)cc4)(c4ccc(N5CCOCC5)cc4)O6)cc3)cc2)CC1. The van der Waals surface area contributed by atoms with Gasteiger partial charge in [-0.2, -0.15) is 0 Å². The molecular formula is C58H61NO6. The molecule has 1 saturated carbocycles. The Morgan fingerprint density at radius 2 is 1.43 bits per heavy atom. The largest absolute Gasteiger partial charge is 0.497 e. The summed E-state index contributed by atoms with van der Waals surface area (Å²) in [6.07, 6.45) is 15.0. The van der Waals surface area contributed by atoms with Crippen LogP contribution in [0.5, 0.6) is 17.2 Å². The first kappa shape index (κ1) is 43.0. The minimum absolute atomic E-state index is 0.361. The molecule has 7 nitrogen and oxygen atoms in total. The van der Waals surface area contributed by atoms with Crippen molar-refractivity contribution in [2.24, 2.45) is 5.92 Å². The van der Waals surface area contributed by atoms with Gasteiger partial charge in [-0.3, -0.25) is 0 Å². The van der Waals surface area contributed by atoms with Crippen molar-refractivity contribution in [3.05, 3.63) is 160 Å². The lowest BCUT2D eigenvalue weighted by Crippen LogP contribution is -2.37. The van der Waals surface area contributed by atoms with Crippen LogP contribution in [0.4, 0.5) is 5.69 Å². The standard InChI is InChI=1S/C58H61NO6/c1-5-6-7-8-39-9-11-40(12-10-39)41-17-26-49(27-18-41)64-56(60)43-15-13-42(14-16-43)44-19-30-50-52(37-44)53-38-63-57(2,3)54(53)51-31-32-58(65-55(50)51,46-22-28-48(61-4)29-23-46)45-20-24-47(25-21-45)59-33-35-62-36-34-59/h13-32,37,39-40H,5-12,33-36,38H2,1-4H3. The summed E-state index contributed by atoms with van der Waals surface area (Å²) in [5, 5.41) is 2.12. The highest BCUT2D eigenvalue weighted by Gasteiger charge is 2.43. The summed E-state index contributed by atoms with van der Waals surface area (Å²) < 4.78 is 31.1. The highest BCUT2D eigenvalue weighted by atomic mass is 16.5. The van der Waals surface area contributed by atoms with Crippen LogP contribution >= 0.6 is 0 Å². The molecule has 1 atom stereocenters.